The first-order chi connectivity index (χ1) is 7.41. The van der Waals surface area contributed by atoms with Gasteiger partial charge in [0, 0.05) is 16.7 Å². The van der Waals surface area contributed by atoms with Crippen LogP contribution in [0, 0.1) is 0 Å². The molecule has 16 heavy (non-hydrogen) atoms. The normalized spacial score (nSPS) is 14.5. The summed E-state index contributed by atoms with van der Waals surface area (Å²) in [5.74, 6) is 0.0130. The van der Waals surface area contributed by atoms with Crippen molar-refractivity contribution in [2.45, 2.75) is 30.4 Å². The smallest absolute Gasteiger partial charge is 0.131 e. The third-order valence-electron chi connectivity index (χ3n) is 2.05. The fraction of sp³-hybridized carbons (Fsp3) is 0.364. The number of halogens is 2. The number of Topliss-reactive ketones (excluding diaryl/α,β-unsaturated/α-hetero) is 1. The molecule has 0 aliphatic heterocycles. The number of benzene rings is 1. The first kappa shape index (κ1) is 13.7. The lowest BCUT2D eigenvalue weighted by molar-refractivity contribution is -0.116. The minimum Gasteiger partial charge on any atom is -0.300 e. The maximum absolute atomic E-state index is 12.1. The SMILES string of the molecule is CC(=O)CC(C)S(=O)c1cc(Cl)ccc1Cl. The van der Waals surface area contributed by atoms with Gasteiger partial charge in [-0.2, -0.15) is 0 Å². The molecular weight excluding hydrogens is 267 g/mol. The molecule has 0 amide bonds. The number of ketones is 1. The zero-order valence-corrected chi connectivity index (χ0v) is 11.3. The van der Waals surface area contributed by atoms with Gasteiger partial charge in [-0.15, -0.1) is 0 Å². The predicted octanol–water partition coefficient (Wildman–Crippen LogP) is 3.47. The predicted molar refractivity (Wildman–Crippen MR) is 67.6 cm³/mol. The minimum absolute atomic E-state index is 0.0130. The lowest BCUT2D eigenvalue weighted by atomic mass is 10.2. The van der Waals surface area contributed by atoms with Gasteiger partial charge in [0.2, 0.25) is 0 Å². The zero-order chi connectivity index (χ0) is 12.3. The van der Waals surface area contributed by atoms with Gasteiger partial charge in [0.25, 0.3) is 0 Å². The lowest BCUT2D eigenvalue weighted by Gasteiger charge is -2.11. The molecule has 5 heteroatoms. The van der Waals surface area contributed by atoms with E-state index in [1.54, 1.807) is 25.1 Å². The third kappa shape index (κ3) is 3.58. The van der Waals surface area contributed by atoms with E-state index in [1.165, 1.54) is 6.92 Å². The summed E-state index contributed by atoms with van der Waals surface area (Å²) in [5, 5.41) is 0.648. The second-order valence-corrected chi connectivity index (χ2v) is 6.27. The topological polar surface area (TPSA) is 34.1 Å². The maximum Gasteiger partial charge on any atom is 0.131 e. The fourth-order valence-corrected chi connectivity index (χ4v) is 3.23. The van der Waals surface area contributed by atoms with Crippen molar-refractivity contribution in [3.8, 4) is 0 Å². The molecule has 88 valence electrons. The Morgan fingerprint density at radius 3 is 2.62 bits per heavy atom. The van der Waals surface area contributed by atoms with E-state index in [-0.39, 0.29) is 17.5 Å². The summed E-state index contributed by atoms with van der Waals surface area (Å²) >= 11 is 11.7. The summed E-state index contributed by atoms with van der Waals surface area (Å²) in [7, 11) is -1.31. The van der Waals surface area contributed by atoms with Gasteiger partial charge in [0.05, 0.1) is 20.7 Å². The Morgan fingerprint density at radius 1 is 1.44 bits per heavy atom. The van der Waals surface area contributed by atoms with Crippen LogP contribution in [0.25, 0.3) is 0 Å². The second kappa shape index (κ2) is 5.80. The third-order valence-corrected chi connectivity index (χ3v) is 4.40. The molecule has 2 nitrogen and oxygen atoms in total. The van der Waals surface area contributed by atoms with Gasteiger partial charge in [-0.05, 0) is 25.1 Å². The van der Waals surface area contributed by atoms with E-state index in [2.05, 4.69) is 0 Å². The number of hydrogen-bond acceptors (Lipinski definition) is 2. The van der Waals surface area contributed by atoms with Crippen molar-refractivity contribution in [1.82, 2.24) is 0 Å². The van der Waals surface area contributed by atoms with Gasteiger partial charge in [-0.25, -0.2) is 0 Å². The van der Waals surface area contributed by atoms with Crippen molar-refractivity contribution >= 4 is 39.8 Å². The van der Waals surface area contributed by atoms with Crippen LogP contribution in [0.2, 0.25) is 10.0 Å². The summed E-state index contributed by atoms with van der Waals surface area (Å²) in [6.45, 7) is 3.24. The van der Waals surface area contributed by atoms with Gasteiger partial charge in [-0.3, -0.25) is 9.00 Å². The molecule has 0 aromatic heterocycles. The van der Waals surface area contributed by atoms with E-state index in [1.807, 2.05) is 0 Å². The molecule has 2 atom stereocenters. The van der Waals surface area contributed by atoms with E-state index < -0.39 is 10.8 Å². The Labute approximate surface area is 107 Å². The van der Waals surface area contributed by atoms with Crippen LogP contribution < -0.4 is 0 Å². The molecule has 0 spiro atoms. The van der Waals surface area contributed by atoms with E-state index in [9.17, 15) is 9.00 Å². The molecule has 1 aromatic rings. The Balaban J connectivity index is 2.95. The average molecular weight is 279 g/mol. The Morgan fingerprint density at radius 2 is 2.06 bits per heavy atom. The largest absolute Gasteiger partial charge is 0.300 e. The van der Waals surface area contributed by atoms with E-state index in [0.29, 0.717) is 14.9 Å². The van der Waals surface area contributed by atoms with Gasteiger partial charge in [0.1, 0.15) is 5.78 Å². The van der Waals surface area contributed by atoms with Crippen LogP contribution in [0.3, 0.4) is 0 Å². The van der Waals surface area contributed by atoms with Crippen molar-refractivity contribution in [3.63, 3.8) is 0 Å². The molecule has 0 N–H and O–H groups in total. The first-order valence-corrected chi connectivity index (χ1v) is 6.73. The van der Waals surface area contributed by atoms with E-state index in [4.69, 9.17) is 23.2 Å². The molecule has 1 aromatic carbocycles. The highest BCUT2D eigenvalue weighted by molar-refractivity contribution is 7.85. The minimum atomic E-state index is -1.31. The number of carbonyl (C=O) groups is 1. The summed E-state index contributed by atoms with van der Waals surface area (Å²) in [4.78, 5) is 11.4. The number of carbonyl (C=O) groups excluding carboxylic acids is 1. The second-order valence-electron chi connectivity index (χ2n) is 3.59. The summed E-state index contributed by atoms with van der Waals surface area (Å²) in [6, 6.07) is 4.83. The Hall–Kier alpha value is -0.380. The van der Waals surface area contributed by atoms with Crippen molar-refractivity contribution in [1.29, 1.82) is 0 Å². The summed E-state index contributed by atoms with van der Waals surface area (Å²) in [6.07, 6.45) is 0.273. The van der Waals surface area contributed by atoms with Crippen LogP contribution in [-0.4, -0.2) is 15.2 Å². The monoisotopic (exact) mass is 278 g/mol. The highest BCUT2D eigenvalue weighted by atomic mass is 35.5. The fourth-order valence-electron chi connectivity index (χ4n) is 1.33. The van der Waals surface area contributed by atoms with Gasteiger partial charge in [-0.1, -0.05) is 30.1 Å². The van der Waals surface area contributed by atoms with Crippen LogP contribution in [0.4, 0.5) is 0 Å². The molecule has 0 aliphatic carbocycles. The molecule has 2 unspecified atom stereocenters. The highest BCUT2D eigenvalue weighted by Gasteiger charge is 2.18. The zero-order valence-electron chi connectivity index (χ0n) is 9.00. The number of rotatable bonds is 4. The molecule has 1 rings (SSSR count). The maximum atomic E-state index is 12.1. The van der Waals surface area contributed by atoms with Crippen LogP contribution in [0.15, 0.2) is 23.1 Å². The molecule has 0 radical (unpaired) electrons. The van der Waals surface area contributed by atoms with Crippen LogP contribution in [0.1, 0.15) is 20.3 Å². The summed E-state index contributed by atoms with van der Waals surface area (Å²) in [5.41, 5.74) is 0. The van der Waals surface area contributed by atoms with Crippen LogP contribution in [-0.2, 0) is 15.6 Å². The molecule has 0 heterocycles. The molecule has 0 aliphatic rings. The molecular formula is C11H12Cl2O2S. The van der Waals surface area contributed by atoms with Crippen molar-refractivity contribution in [2.75, 3.05) is 0 Å². The number of hydrogen-bond donors (Lipinski definition) is 0. The van der Waals surface area contributed by atoms with Crippen LogP contribution in [0.5, 0.6) is 0 Å². The van der Waals surface area contributed by atoms with E-state index in [0.717, 1.165) is 0 Å². The average Bonchev–Trinajstić information content (AvgIpc) is 2.19. The quantitative estimate of drug-likeness (QED) is 0.845. The lowest BCUT2D eigenvalue weighted by Crippen LogP contribution is -2.15. The van der Waals surface area contributed by atoms with Crippen LogP contribution >= 0.6 is 23.2 Å². The molecule has 0 bridgehead atoms. The molecule has 0 saturated carbocycles. The first-order valence-electron chi connectivity index (χ1n) is 4.77. The van der Waals surface area contributed by atoms with Gasteiger partial charge >= 0.3 is 0 Å². The highest BCUT2D eigenvalue weighted by Crippen LogP contribution is 2.26. The van der Waals surface area contributed by atoms with Crippen molar-refractivity contribution in [3.05, 3.63) is 28.2 Å². The van der Waals surface area contributed by atoms with Crippen molar-refractivity contribution in [2.24, 2.45) is 0 Å². The van der Waals surface area contributed by atoms with Gasteiger partial charge in [0.15, 0.2) is 0 Å². The van der Waals surface area contributed by atoms with Gasteiger partial charge < -0.3 is 0 Å². The Kier molecular flexibility index (Phi) is 4.96. The standard InChI is InChI=1S/C11H12Cl2O2S/c1-7(14)5-8(2)16(15)11-6-9(12)3-4-10(11)13/h3-4,6,8H,5H2,1-2H3. The summed E-state index contributed by atoms with van der Waals surface area (Å²) < 4.78 is 12.1. The van der Waals surface area contributed by atoms with Crippen molar-refractivity contribution < 1.29 is 9.00 Å². The molecule has 0 fully saturated rings. The Bertz CT molecular complexity index is 432. The molecule has 0 saturated heterocycles. The van der Waals surface area contributed by atoms with E-state index >= 15 is 0 Å².